The van der Waals surface area contributed by atoms with Gasteiger partial charge in [0.2, 0.25) is 0 Å². The Bertz CT molecular complexity index is 454. The summed E-state index contributed by atoms with van der Waals surface area (Å²) in [5.74, 6) is -1.25. The molecular formula is C12H13ClN2O2. The lowest BCUT2D eigenvalue weighted by Crippen LogP contribution is -2.22. The van der Waals surface area contributed by atoms with Gasteiger partial charge in [-0.2, -0.15) is 5.26 Å². The first kappa shape index (κ1) is 13.3. The van der Waals surface area contributed by atoms with Crippen LogP contribution in [-0.4, -0.2) is 17.6 Å². The van der Waals surface area contributed by atoms with Crippen molar-refractivity contribution in [1.29, 1.82) is 5.26 Å². The quantitative estimate of drug-likeness (QED) is 0.845. The van der Waals surface area contributed by atoms with Crippen LogP contribution in [0, 0.1) is 17.2 Å². The van der Waals surface area contributed by atoms with Gasteiger partial charge in [0.05, 0.1) is 16.5 Å². The van der Waals surface area contributed by atoms with Crippen molar-refractivity contribution in [2.45, 2.75) is 13.3 Å². The first-order chi connectivity index (χ1) is 8.08. The monoisotopic (exact) mass is 252 g/mol. The summed E-state index contributed by atoms with van der Waals surface area (Å²) in [5, 5.41) is 20.9. The third-order valence-corrected chi connectivity index (χ3v) is 2.80. The van der Waals surface area contributed by atoms with Gasteiger partial charge in [-0.05, 0) is 24.6 Å². The molecule has 1 rings (SSSR count). The minimum atomic E-state index is -0.820. The predicted molar refractivity (Wildman–Crippen MR) is 66.1 cm³/mol. The minimum Gasteiger partial charge on any atom is -0.481 e. The van der Waals surface area contributed by atoms with E-state index in [1.807, 2.05) is 13.0 Å². The molecule has 0 saturated carbocycles. The van der Waals surface area contributed by atoms with Crippen molar-refractivity contribution in [3.05, 3.63) is 28.8 Å². The summed E-state index contributed by atoms with van der Waals surface area (Å²) in [5.41, 5.74) is 1.12. The van der Waals surface area contributed by atoms with Gasteiger partial charge in [0, 0.05) is 12.2 Å². The maximum Gasteiger partial charge on any atom is 0.308 e. The number of halogens is 1. The lowest BCUT2D eigenvalue weighted by molar-refractivity contribution is -0.141. The van der Waals surface area contributed by atoms with Gasteiger partial charge in [-0.3, -0.25) is 4.79 Å². The molecule has 0 saturated heterocycles. The van der Waals surface area contributed by atoms with Gasteiger partial charge < -0.3 is 10.4 Å². The van der Waals surface area contributed by atoms with E-state index in [4.69, 9.17) is 22.0 Å². The van der Waals surface area contributed by atoms with Gasteiger partial charge in [0.25, 0.3) is 0 Å². The lowest BCUT2D eigenvalue weighted by atomic mass is 10.1. The second-order valence-electron chi connectivity index (χ2n) is 3.63. The van der Waals surface area contributed by atoms with Crippen molar-refractivity contribution in [3.8, 4) is 6.07 Å². The number of carboxylic acid groups (broad SMARTS) is 1. The topological polar surface area (TPSA) is 73.1 Å². The SMILES string of the molecule is CCC(CNc1ccc(C#N)c(Cl)c1)C(=O)O. The molecule has 0 aromatic heterocycles. The molecule has 0 bridgehead atoms. The number of nitriles is 1. The zero-order valence-electron chi connectivity index (χ0n) is 9.40. The fraction of sp³-hybridized carbons (Fsp3) is 0.333. The number of rotatable bonds is 5. The Hall–Kier alpha value is -1.73. The third-order valence-electron chi connectivity index (χ3n) is 2.48. The molecule has 0 aliphatic rings. The molecule has 0 aliphatic carbocycles. The molecular weight excluding hydrogens is 240 g/mol. The largest absolute Gasteiger partial charge is 0.481 e. The Labute approximate surface area is 105 Å². The zero-order valence-corrected chi connectivity index (χ0v) is 10.2. The maximum absolute atomic E-state index is 10.8. The Morgan fingerprint density at radius 1 is 1.65 bits per heavy atom. The molecule has 1 atom stereocenters. The summed E-state index contributed by atoms with van der Waals surface area (Å²) in [6.07, 6.45) is 0.562. The number of carboxylic acids is 1. The molecule has 0 radical (unpaired) electrons. The summed E-state index contributed by atoms with van der Waals surface area (Å²) in [6.45, 7) is 2.17. The molecule has 90 valence electrons. The van der Waals surface area contributed by atoms with Gasteiger partial charge in [0.15, 0.2) is 0 Å². The molecule has 0 heterocycles. The maximum atomic E-state index is 10.8. The Morgan fingerprint density at radius 3 is 2.82 bits per heavy atom. The van der Waals surface area contributed by atoms with Crippen LogP contribution in [0.2, 0.25) is 5.02 Å². The van der Waals surface area contributed by atoms with E-state index in [1.165, 1.54) is 0 Å². The van der Waals surface area contributed by atoms with Crippen LogP contribution >= 0.6 is 11.6 Å². The lowest BCUT2D eigenvalue weighted by Gasteiger charge is -2.12. The molecule has 0 aliphatic heterocycles. The highest BCUT2D eigenvalue weighted by atomic mass is 35.5. The van der Waals surface area contributed by atoms with Gasteiger partial charge >= 0.3 is 5.97 Å². The number of hydrogen-bond donors (Lipinski definition) is 2. The van der Waals surface area contributed by atoms with E-state index < -0.39 is 11.9 Å². The van der Waals surface area contributed by atoms with E-state index in [9.17, 15) is 4.79 Å². The van der Waals surface area contributed by atoms with Crippen molar-refractivity contribution in [1.82, 2.24) is 0 Å². The number of benzene rings is 1. The van der Waals surface area contributed by atoms with Crippen LogP contribution in [0.1, 0.15) is 18.9 Å². The minimum absolute atomic E-state index is 0.341. The molecule has 1 aromatic carbocycles. The molecule has 4 nitrogen and oxygen atoms in total. The number of anilines is 1. The molecule has 1 aromatic rings. The highest BCUT2D eigenvalue weighted by Crippen LogP contribution is 2.20. The average Bonchev–Trinajstić information content (AvgIpc) is 2.29. The Kier molecular flexibility index (Phi) is 4.80. The molecule has 1 unspecified atom stereocenters. The van der Waals surface area contributed by atoms with Gasteiger partial charge in [0.1, 0.15) is 6.07 Å². The number of hydrogen-bond acceptors (Lipinski definition) is 3. The molecule has 0 spiro atoms. The normalized spacial score (nSPS) is 11.6. The van der Waals surface area contributed by atoms with Crippen LogP contribution in [-0.2, 0) is 4.79 Å². The van der Waals surface area contributed by atoms with Gasteiger partial charge in [-0.1, -0.05) is 18.5 Å². The second kappa shape index (κ2) is 6.12. The van der Waals surface area contributed by atoms with Crippen molar-refractivity contribution in [3.63, 3.8) is 0 Å². The zero-order chi connectivity index (χ0) is 12.8. The summed E-state index contributed by atoms with van der Waals surface area (Å²) in [4.78, 5) is 10.8. The van der Waals surface area contributed by atoms with E-state index >= 15 is 0 Å². The molecule has 2 N–H and O–H groups in total. The standard InChI is InChI=1S/C12H13ClN2O2/c1-2-8(12(16)17)7-15-10-4-3-9(6-14)11(13)5-10/h3-5,8,15H,2,7H2,1H3,(H,16,17). The Morgan fingerprint density at radius 2 is 2.35 bits per heavy atom. The highest BCUT2D eigenvalue weighted by molar-refractivity contribution is 6.32. The van der Waals surface area contributed by atoms with E-state index in [-0.39, 0.29) is 0 Å². The number of nitrogens with zero attached hydrogens (tertiary/aromatic N) is 1. The first-order valence-corrected chi connectivity index (χ1v) is 5.62. The summed E-state index contributed by atoms with van der Waals surface area (Å²) in [7, 11) is 0. The van der Waals surface area contributed by atoms with Crippen LogP contribution in [0.3, 0.4) is 0 Å². The van der Waals surface area contributed by atoms with Crippen molar-refractivity contribution in [2.24, 2.45) is 5.92 Å². The molecule has 5 heteroatoms. The van der Waals surface area contributed by atoms with Crippen molar-refractivity contribution >= 4 is 23.3 Å². The second-order valence-corrected chi connectivity index (χ2v) is 4.04. The molecule has 0 amide bonds. The van der Waals surface area contributed by atoms with Crippen LogP contribution < -0.4 is 5.32 Å². The summed E-state index contributed by atoms with van der Waals surface area (Å²) >= 11 is 5.86. The van der Waals surface area contributed by atoms with Crippen LogP contribution in [0.15, 0.2) is 18.2 Å². The molecule has 0 fully saturated rings. The van der Waals surface area contributed by atoms with Gasteiger partial charge in [-0.25, -0.2) is 0 Å². The third kappa shape index (κ3) is 3.65. The fourth-order valence-electron chi connectivity index (χ4n) is 1.36. The van der Waals surface area contributed by atoms with Crippen molar-refractivity contribution < 1.29 is 9.90 Å². The van der Waals surface area contributed by atoms with Crippen LogP contribution in [0.5, 0.6) is 0 Å². The van der Waals surface area contributed by atoms with E-state index in [2.05, 4.69) is 5.32 Å². The number of nitrogens with one attached hydrogen (secondary N) is 1. The average molecular weight is 253 g/mol. The Balaban J connectivity index is 2.67. The number of carbonyl (C=O) groups is 1. The van der Waals surface area contributed by atoms with E-state index in [0.29, 0.717) is 29.2 Å². The first-order valence-electron chi connectivity index (χ1n) is 5.24. The summed E-state index contributed by atoms with van der Waals surface area (Å²) < 4.78 is 0. The van der Waals surface area contributed by atoms with Crippen LogP contribution in [0.25, 0.3) is 0 Å². The molecule has 17 heavy (non-hydrogen) atoms. The fourth-order valence-corrected chi connectivity index (χ4v) is 1.59. The highest BCUT2D eigenvalue weighted by Gasteiger charge is 2.14. The van der Waals surface area contributed by atoms with Crippen LogP contribution in [0.4, 0.5) is 5.69 Å². The van der Waals surface area contributed by atoms with E-state index in [1.54, 1.807) is 18.2 Å². The van der Waals surface area contributed by atoms with Crippen molar-refractivity contribution in [2.75, 3.05) is 11.9 Å². The van der Waals surface area contributed by atoms with Gasteiger partial charge in [-0.15, -0.1) is 0 Å². The summed E-state index contributed by atoms with van der Waals surface area (Å²) in [6, 6.07) is 6.89. The number of aliphatic carboxylic acids is 1. The van der Waals surface area contributed by atoms with E-state index in [0.717, 1.165) is 0 Å². The predicted octanol–water partition coefficient (Wildman–Crippen LogP) is 2.73. The smallest absolute Gasteiger partial charge is 0.308 e.